The molecule has 0 unspecified atom stereocenters. The Morgan fingerprint density at radius 2 is 1.78 bits per heavy atom. The summed E-state index contributed by atoms with van der Waals surface area (Å²) in [6.07, 6.45) is 8.68. The lowest BCUT2D eigenvalue weighted by Crippen LogP contribution is -2.17. The van der Waals surface area contributed by atoms with Gasteiger partial charge >= 0.3 is 0 Å². The van der Waals surface area contributed by atoms with Crippen molar-refractivity contribution in [3.05, 3.63) is 89.5 Å². The molecule has 144 valence electrons. The highest BCUT2D eigenvalue weighted by Crippen LogP contribution is 2.18. The van der Waals surface area contributed by atoms with E-state index in [1.165, 1.54) is 16.7 Å². The number of likely N-dealkylation sites (N-methyl/N-ethyl adjacent to an activating group) is 1. The normalized spacial score (nSPS) is 12.4. The maximum Gasteiger partial charge on any atom is 0.120 e. The topological polar surface area (TPSA) is 12.5 Å². The Bertz CT molecular complexity index is 768. The Morgan fingerprint density at radius 1 is 1.00 bits per heavy atom. The van der Waals surface area contributed by atoms with Gasteiger partial charge in [0.05, 0.1) is 0 Å². The number of hydrogen-bond donors (Lipinski definition) is 0. The number of ether oxygens (including phenoxy) is 1. The molecule has 0 aromatic heterocycles. The quantitative estimate of drug-likeness (QED) is 0.520. The van der Waals surface area contributed by atoms with Gasteiger partial charge in [0.1, 0.15) is 12.4 Å². The SMILES string of the molecule is Cc1ccccc1COc1cccc(CN(C)C/C=C/C=CC(C)(C)C)c1. The Hall–Kier alpha value is -2.32. The first-order valence-electron chi connectivity index (χ1n) is 9.63. The highest BCUT2D eigenvalue weighted by molar-refractivity contribution is 5.30. The molecular formula is C25H33NO. The van der Waals surface area contributed by atoms with E-state index >= 15 is 0 Å². The Kier molecular flexibility index (Phi) is 7.87. The Morgan fingerprint density at radius 3 is 2.52 bits per heavy atom. The van der Waals surface area contributed by atoms with Crippen LogP contribution in [0, 0.1) is 12.3 Å². The van der Waals surface area contributed by atoms with E-state index in [0.717, 1.165) is 18.8 Å². The van der Waals surface area contributed by atoms with Crippen molar-refractivity contribution in [1.29, 1.82) is 0 Å². The fraction of sp³-hybridized carbons (Fsp3) is 0.360. The second kappa shape index (κ2) is 10.1. The molecule has 0 heterocycles. The van der Waals surface area contributed by atoms with Crippen LogP contribution in [-0.2, 0) is 13.2 Å². The van der Waals surface area contributed by atoms with Crippen LogP contribution < -0.4 is 4.74 Å². The zero-order valence-corrected chi connectivity index (χ0v) is 17.4. The van der Waals surface area contributed by atoms with E-state index < -0.39 is 0 Å². The fourth-order valence-corrected chi connectivity index (χ4v) is 2.71. The molecule has 0 aliphatic heterocycles. The van der Waals surface area contributed by atoms with Crippen molar-refractivity contribution < 1.29 is 4.74 Å². The van der Waals surface area contributed by atoms with Crippen molar-refractivity contribution in [1.82, 2.24) is 4.90 Å². The van der Waals surface area contributed by atoms with Gasteiger partial charge in [0.15, 0.2) is 0 Å². The molecule has 0 atom stereocenters. The maximum atomic E-state index is 6.00. The largest absolute Gasteiger partial charge is 0.489 e. The average molecular weight is 364 g/mol. The minimum Gasteiger partial charge on any atom is -0.489 e. The summed E-state index contributed by atoms with van der Waals surface area (Å²) in [6, 6.07) is 16.7. The van der Waals surface area contributed by atoms with Gasteiger partial charge in [-0.25, -0.2) is 0 Å². The van der Waals surface area contributed by atoms with Crippen molar-refractivity contribution in [2.24, 2.45) is 5.41 Å². The molecule has 2 rings (SSSR count). The van der Waals surface area contributed by atoms with Crippen LogP contribution >= 0.6 is 0 Å². The van der Waals surface area contributed by atoms with E-state index in [4.69, 9.17) is 4.74 Å². The van der Waals surface area contributed by atoms with Crippen molar-refractivity contribution >= 4 is 0 Å². The minimum absolute atomic E-state index is 0.231. The van der Waals surface area contributed by atoms with Crippen LogP contribution in [0.1, 0.15) is 37.5 Å². The molecule has 0 bridgehead atoms. The fourth-order valence-electron chi connectivity index (χ4n) is 2.71. The first kappa shape index (κ1) is 21.0. The zero-order chi connectivity index (χ0) is 19.7. The summed E-state index contributed by atoms with van der Waals surface area (Å²) in [5.41, 5.74) is 3.99. The Balaban J connectivity index is 1.85. The molecule has 0 amide bonds. The van der Waals surface area contributed by atoms with E-state index in [0.29, 0.717) is 6.61 Å². The lowest BCUT2D eigenvalue weighted by molar-refractivity contribution is 0.304. The number of hydrogen-bond acceptors (Lipinski definition) is 2. The predicted octanol–water partition coefficient (Wildman–Crippen LogP) is 6.16. The van der Waals surface area contributed by atoms with E-state index in [1.54, 1.807) is 0 Å². The Labute approximate surface area is 165 Å². The van der Waals surface area contributed by atoms with Gasteiger partial charge in [0.2, 0.25) is 0 Å². The standard InChI is InChI=1S/C25H33NO/c1-21-12-7-8-14-23(21)20-27-24-15-11-13-22(18-24)19-26(5)17-10-6-9-16-25(2,3)4/h6-16,18H,17,19-20H2,1-5H3/b10-6+,16-9?. The molecule has 2 nitrogen and oxygen atoms in total. The third kappa shape index (κ3) is 8.27. The molecule has 0 N–H and O–H groups in total. The summed E-state index contributed by atoms with van der Waals surface area (Å²) >= 11 is 0. The van der Waals surface area contributed by atoms with E-state index in [2.05, 4.69) is 106 Å². The average Bonchev–Trinajstić information content (AvgIpc) is 2.60. The van der Waals surface area contributed by atoms with Gasteiger partial charge in [-0.15, -0.1) is 0 Å². The van der Waals surface area contributed by atoms with E-state index in [9.17, 15) is 0 Å². The lowest BCUT2D eigenvalue weighted by Gasteiger charge is -2.15. The molecule has 2 aromatic carbocycles. The monoisotopic (exact) mass is 363 g/mol. The van der Waals surface area contributed by atoms with Gasteiger partial charge < -0.3 is 4.74 Å². The van der Waals surface area contributed by atoms with Crippen LogP contribution in [0.3, 0.4) is 0 Å². The number of benzene rings is 2. The molecule has 0 radical (unpaired) electrons. The van der Waals surface area contributed by atoms with Crippen molar-refractivity contribution in [2.45, 2.75) is 40.8 Å². The zero-order valence-electron chi connectivity index (χ0n) is 17.4. The van der Waals surface area contributed by atoms with Crippen LogP contribution in [0.2, 0.25) is 0 Å². The van der Waals surface area contributed by atoms with E-state index in [-0.39, 0.29) is 5.41 Å². The molecule has 0 saturated carbocycles. The van der Waals surface area contributed by atoms with Crippen molar-refractivity contribution in [3.8, 4) is 5.75 Å². The van der Waals surface area contributed by atoms with Crippen molar-refractivity contribution in [2.75, 3.05) is 13.6 Å². The first-order chi connectivity index (χ1) is 12.8. The molecule has 0 aliphatic carbocycles. The van der Waals surface area contributed by atoms with Crippen LogP contribution in [0.4, 0.5) is 0 Å². The number of allylic oxidation sites excluding steroid dienone is 3. The molecule has 0 saturated heterocycles. The summed E-state index contributed by atoms with van der Waals surface area (Å²) in [5.74, 6) is 0.924. The summed E-state index contributed by atoms with van der Waals surface area (Å²) in [5, 5.41) is 0. The second-order valence-corrected chi connectivity index (χ2v) is 8.21. The van der Waals surface area contributed by atoms with Crippen LogP contribution in [0.25, 0.3) is 0 Å². The molecular weight excluding hydrogens is 330 g/mol. The summed E-state index contributed by atoms with van der Waals surface area (Å²) in [6.45, 7) is 11.2. The van der Waals surface area contributed by atoms with Crippen LogP contribution in [-0.4, -0.2) is 18.5 Å². The van der Waals surface area contributed by atoms with Gasteiger partial charge in [0.25, 0.3) is 0 Å². The van der Waals surface area contributed by atoms with Crippen molar-refractivity contribution in [3.63, 3.8) is 0 Å². The lowest BCUT2D eigenvalue weighted by atomic mass is 9.96. The second-order valence-electron chi connectivity index (χ2n) is 8.21. The maximum absolute atomic E-state index is 6.00. The number of aryl methyl sites for hydroxylation is 1. The molecule has 2 aromatic rings. The smallest absolute Gasteiger partial charge is 0.120 e. The molecule has 0 aliphatic rings. The molecule has 0 fully saturated rings. The predicted molar refractivity (Wildman–Crippen MR) is 116 cm³/mol. The number of nitrogens with zero attached hydrogens (tertiary/aromatic N) is 1. The first-order valence-corrected chi connectivity index (χ1v) is 9.63. The summed E-state index contributed by atoms with van der Waals surface area (Å²) in [4.78, 5) is 2.29. The minimum atomic E-state index is 0.231. The van der Waals surface area contributed by atoms with Crippen LogP contribution in [0.5, 0.6) is 5.75 Å². The van der Waals surface area contributed by atoms with Crippen LogP contribution in [0.15, 0.2) is 72.8 Å². The molecule has 0 spiro atoms. The van der Waals surface area contributed by atoms with Gasteiger partial charge in [-0.1, -0.05) is 81.5 Å². The third-order valence-electron chi connectivity index (χ3n) is 4.27. The highest BCUT2D eigenvalue weighted by Gasteiger charge is 2.03. The highest BCUT2D eigenvalue weighted by atomic mass is 16.5. The van der Waals surface area contributed by atoms with E-state index in [1.807, 2.05) is 6.07 Å². The van der Waals surface area contributed by atoms with Gasteiger partial charge in [0, 0.05) is 13.1 Å². The molecule has 2 heteroatoms. The van der Waals surface area contributed by atoms with Gasteiger partial charge in [-0.2, -0.15) is 0 Å². The summed E-state index contributed by atoms with van der Waals surface area (Å²) < 4.78 is 6.00. The number of rotatable bonds is 8. The van der Waals surface area contributed by atoms with Gasteiger partial charge in [-0.3, -0.25) is 4.90 Å². The summed E-state index contributed by atoms with van der Waals surface area (Å²) in [7, 11) is 2.14. The molecule has 27 heavy (non-hydrogen) atoms. The van der Waals surface area contributed by atoms with Gasteiger partial charge in [-0.05, 0) is 48.2 Å². The third-order valence-corrected chi connectivity index (χ3v) is 4.27.